The quantitative estimate of drug-likeness (QED) is 0.724. The maximum atomic E-state index is 13.5. The Labute approximate surface area is 98.4 Å². The fourth-order valence-electron chi connectivity index (χ4n) is 1.98. The fraction of sp³-hybridized carbons (Fsp3) is 0.500. The first kappa shape index (κ1) is 11.8. The molecule has 1 fully saturated rings. The number of ether oxygens (including phenoxy) is 1. The predicted octanol–water partition coefficient (Wildman–Crippen LogP) is 3.67. The molecule has 1 aromatic carbocycles. The molecule has 0 bridgehead atoms. The van der Waals surface area contributed by atoms with Gasteiger partial charge >= 0.3 is 0 Å². The highest BCUT2D eigenvalue weighted by Crippen LogP contribution is 2.35. The smallest absolute Gasteiger partial charge is 0.128 e. The highest BCUT2D eigenvalue weighted by atomic mass is 35.5. The first-order chi connectivity index (χ1) is 7.68. The van der Waals surface area contributed by atoms with Crippen LogP contribution >= 0.6 is 11.6 Å². The molecule has 88 valence electrons. The molecule has 0 spiro atoms. The number of hydrogen-bond donors (Lipinski definition) is 0. The molecule has 0 aromatic heterocycles. The van der Waals surface area contributed by atoms with Gasteiger partial charge in [0, 0.05) is 18.1 Å². The summed E-state index contributed by atoms with van der Waals surface area (Å²) in [6, 6.07) is 3.38. The second-order valence-corrected chi connectivity index (χ2v) is 4.52. The normalized spacial score (nSPS) is 23.1. The summed E-state index contributed by atoms with van der Waals surface area (Å²) in [6.07, 6.45) is 1.81. The number of halogens is 3. The van der Waals surface area contributed by atoms with E-state index >= 15 is 0 Å². The molecule has 1 aliphatic heterocycles. The van der Waals surface area contributed by atoms with Gasteiger partial charge in [0.1, 0.15) is 11.6 Å². The van der Waals surface area contributed by atoms with Crippen molar-refractivity contribution in [3.05, 3.63) is 35.4 Å². The largest absolute Gasteiger partial charge is 0.381 e. The van der Waals surface area contributed by atoms with E-state index in [4.69, 9.17) is 16.3 Å². The van der Waals surface area contributed by atoms with Crippen molar-refractivity contribution in [2.75, 3.05) is 13.2 Å². The standard InChI is InChI=1S/C12H13ClF2O/c13-12(8-2-1-5-16-7-8)10-6-9(14)3-4-11(10)15/h3-4,6,8,12H,1-2,5,7H2. The third-order valence-electron chi connectivity index (χ3n) is 2.86. The van der Waals surface area contributed by atoms with Crippen LogP contribution in [0.2, 0.25) is 0 Å². The Kier molecular flexibility index (Phi) is 3.77. The Morgan fingerprint density at radius 2 is 2.19 bits per heavy atom. The zero-order valence-corrected chi connectivity index (χ0v) is 9.51. The Balaban J connectivity index is 2.18. The highest BCUT2D eigenvalue weighted by Gasteiger charge is 2.26. The second kappa shape index (κ2) is 5.11. The van der Waals surface area contributed by atoms with Gasteiger partial charge in [-0.05, 0) is 31.0 Å². The van der Waals surface area contributed by atoms with Crippen molar-refractivity contribution in [1.82, 2.24) is 0 Å². The lowest BCUT2D eigenvalue weighted by atomic mass is 9.93. The summed E-state index contributed by atoms with van der Waals surface area (Å²) in [4.78, 5) is 0. The zero-order chi connectivity index (χ0) is 11.5. The van der Waals surface area contributed by atoms with Gasteiger partial charge in [-0.2, -0.15) is 0 Å². The van der Waals surface area contributed by atoms with E-state index in [1.807, 2.05) is 0 Å². The maximum Gasteiger partial charge on any atom is 0.128 e. The minimum atomic E-state index is -0.518. The topological polar surface area (TPSA) is 9.23 Å². The molecule has 2 atom stereocenters. The third kappa shape index (κ3) is 2.53. The average molecular weight is 247 g/mol. The molecule has 0 saturated carbocycles. The molecule has 1 aromatic rings. The summed E-state index contributed by atoms with van der Waals surface area (Å²) in [5.74, 6) is -0.850. The van der Waals surface area contributed by atoms with Crippen molar-refractivity contribution < 1.29 is 13.5 Å². The Morgan fingerprint density at radius 1 is 1.38 bits per heavy atom. The summed E-state index contributed by atoms with van der Waals surface area (Å²) in [7, 11) is 0. The van der Waals surface area contributed by atoms with Crippen LogP contribution < -0.4 is 0 Å². The lowest BCUT2D eigenvalue weighted by Gasteiger charge is -2.26. The first-order valence-corrected chi connectivity index (χ1v) is 5.79. The van der Waals surface area contributed by atoms with Crippen molar-refractivity contribution in [2.24, 2.45) is 5.92 Å². The number of alkyl halides is 1. The number of benzene rings is 1. The van der Waals surface area contributed by atoms with Gasteiger partial charge in [-0.15, -0.1) is 11.6 Å². The lowest BCUT2D eigenvalue weighted by molar-refractivity contribution is 0.0528. The molecule has 1 aliphatic rings. The molecule has 1 saturated heterocycles. The molecule has 2 unspecified atom stereocenters. The van der Waals surface area contributed by atoms with E-state index in [0.717, 1.165) is 31.6 Å². The number of rotatable bonds is 2. The van der Waals surface area contributed by atoms with Crippen LogP contribution in [0.25, 0.3) is 0 Å². The van der Waals surface area contributed by atoms with E-state index in [9.17, 15) is 8.78 Å². The highest BCUT2D eigenvalue weighted by molar-refractivity contribution is 6.21. The van der Waals surface area contributed by atoms with Crippen LogP contribution in [0.3, 0.4) is 0 Å². The Hall–Kier alpha value is -0.670. The van der Waals surface area contributed by atoms with Crippen LogP contribution in [0.5, 0.6) is 0 Å². The summed E-state index contributed by atoms with van der Waals surface area (Å²) in [5, 5.41) is -0.518. The summed E-state index contributed by atoms with van der Waals surface area (Å²) in [5.41, 5.74) is 0.233. The van der Waals surface area contributed by atoms with Crippen molar-refractivity contribution in [1.29, 1.82) is 0 Å². The van der Waals surface area contributed by atoms with E-state index in [1.54, 1.807) is 0 Å². The molecule has 0 aliphatic carbocycles. The van der Waals surface area contributed by atoms with E-state index in [1.165, 1.54) is 6.07 Å². The van der Waals surface area contributed by atoms with Gasteiger partial charge in [-0.3, -0.25) is 0 Å². The molecule has 4 heteroatoms. The maximum absolute atomic E-state index is 13.5. The van der Waals surface area contributed by atoms with Crippen LogP contribution in [0.4, 0.5) is 8.78 Å². The first-order valence-electron chi connectivity index (χ1n) is 5.35. The van der Waals surface area contributed by atoms with Gasteiger partial charge in [0.2, 0.25) is 0 Å². The SMILES string of the molecule is Fc1ccc(F)c(C(Cl)C2CCCOC2)c1. The van der Waals surface area contributed by atoms with Crippen molar-refractivity contribution in [3.8, 4) is 0 Å². The molecular weight excluding hydrogens is 234 g/mol. The van der Waals surface area contributed by atoms with Gasteiger partial charge in [0.05, 0.1) is 12.0 Å². The zero-order valence-electron chi connectivity index (χ0n) is 8.76. The van der Waals surface area contributed by atoms with Gasteiger partial charge in [0.25, 0.3) is 0 Å². The van der Waals surface area contributed by atoms with Crippen LogP contribution in [0.1, 0.15) is 23.8 Å². The Morgan fingerprint density at radius 3 is 2.88 bits per heavy atom. The van der Waals surface area contributed by atoms with Gasteiger partial charge < -0.3 is 4.74 Å². The van der Waals surface area contributed by atoms with E-state index < -0.39 is 17.0 Å². The molecule has 0 amide bonds. The molecule has 2 rings (SSSR count). The molecular formula is C12H13ClF2O. The second-order valence-electron chi connectivity index (χ2n) is 4.04. The molecule has 0 radical (unpaired) electrons. The van der Waals surface area contributed by atoms with Crippen LogP contribution in [0, 0.1) is 17.6 Å². The minimum absolute atomic E-state index is 0.0618. The third-order valence-corrected chi connectivity index (χ3v) is 3.46. The predicted molar refractivity (Wildman–Crippen MR) is 58.5 cm³/mol. The number of hydrogen-bond acceptors (Lipinski definition) is 1. The van der Waals surface area contributed by atoms with Gasteiger partial charge in [-0.25, -0.2) is 8.78 Å². The molecule has 0 N–H and O–H groups in total. The monoisotopic (exact) mass is 246 g/mol. The molecule has 1 heterocycles. The van der Waals surface area contributed by atoms with Crippen LogP contribution in [0.15, 0.2) is 18.2 Å². The lowest BCUT2D eigenvalue weighted by Crippen LogP contribution is -2.21. The van der Waals surface area contributed by atoms with Gasteiger partial charge in [-0.1, -0.05) is 0 Å². The van der Waals surface area contributed by atoms with Gasteiger partial charge in [0.15, 0.2) is 0 Å². The van der Waals surface area contributed by atoms with E-state index in [-0.39, 0.29) is 11.5 Å². The minimum Gasteiger partial charge on any atom is -0.381 e. The fourth-order valence-corrected chi connectivity index (χ4v) is 2.34. The van der Waals surface area contributed by atoms with Crippen molar-refractivity contribution in [3.63, 3.8) is 0 Å². The van der Waals surface area contributed by atoms with E-state index in [2.05, 4.69) is 0 Å². The molecule has 1 nitrogen and oxygen atoms in total. The summed E-state index contributed by atoms with van der Waals surface area (Å²) in [6.45, 7) is 1.25. The van der Waals surface area contributed by atoms with Crippen molar-refractivity contribution >= 4 is 11.6 Å². The van der Waals surface area contributed by atoms with E-state index in [0.29, 0.717) is 6.61 Å². The summed E-state index contributed by atoms with van der Waals surface area (Å²) < 4.78 is 31.8. The Bertz CT molecular complexity index is 364. The molecule has 16 heavy (non-hydrogen) atoms. The van der Waals surface area contributed by atoms with Crippen LogP contribution in [-0.2, 0) is 4.74 Å². The summed E-state index contributed by atoms with van der Waals surface area (Å²) >= 11 is 6.18. The van der Waals surface area contributed by atoms with Crippen LogP contribution in [-0.4, -0.2) is 13.2 Å². The van der Waals surface area contributed by atoms with Crippen molar-refractivity contribution in [2.45, 2.75) is 18.2 Å². The average Bonchev–Trinajstić information content (AvgIpc) is 2.32.